The summed E-state index contributed by atoms with van der Waals surface area (Å²) in [6, 6.07) is 6.07. The first-order chi connectivity index (χ1) is 10.2. The number of rotatable bonds is 4. The SMILES string of the molecule is COc1cccc(OC)c1C(N)C1CN2CCCC2CO1. The van der Waals surface area contributed by atoms with Gasteiger partial charge in [0.25, 0.3) is 0 Å². The summed E-state index contributed by atoms with van der Waals surface area (Å²) in [5.74, 6) is 1.52. The minimum atomic E-state index is -0.252. The van der Waals surface area contributed by atoms with E-state index < -0.39 is 0 Å². The van der Waals surface area contributed by atoms with Crippen LogP contribution in [0.1, 0.15) is 24.4 Å². The van der Waals surface area contributed by atoms with Crippen LogP contribution in [0.4, 0.5) is 0 Å². The summed E-state index contributed by atoms with van der Waals surface area (Å²) in [5.41, 5.74) is 7.39. The molecule has 2 N–H and O–H groups in total. The molecular weight excluding hydrogens is 268 g/mol. The van der Waals surface area contributed by atoms with Gasteiger partial charge in [-0.2, -0.15) is 0 Å². The molecule has 2 saturated heterocycles. The summed E-state index contributed by atoms with van der Waals surface area (Å²) >= 11 is 0. The van der Waals surface area contributed by atoms with Crippen molar-refractivity contribution in [2.24, 2.45) is 5.73 Å². The molecule has 0 bridgehead atoms. The van der Waals surface area contributed by atoms with Crippen molar-refractivity contribution in [2.75, 3.05) is 33.9 Å². The molecule has 21 heavy (non-hydrogen) atoms. The fourth-order valence-electron chi connectivity index (χ4n) is 3.45. The molecule has 3 atom stereocenters. The van der Waals surface area contributed by atoms with Gasteiger partial charge in [0.1, 0.15) is 11.5 Å². The zero-order valence-corrected chi connectivity index (χ0v) is 12.7. The molecule has 5 heteroatoms. The Morgan fingerprint density at radius 2 is 2.00 bits per heavy atom. The van der Waals surface area contributed by atoms with Gasteiger partial charge in [-0.05, 0) is 31.5 Å². The second-order valence-corrected chi connectivity index (χ2v) is 5.76. The molecule has 2 heterocycles. The van der Waals surface area contributed by atoms with Gasteiger partial charge in [-0.15, -0.1) is 0 Å². The topological polar surface area (TPSA) is 57.0 Å². The predicted molar refractivity (Wildman–Crippen MR) is 80.8 cm³/mol. The third-order valence-corrected chi connectivity index (χ3v) is 4.62. The van der Waals surface area contributed by atoms with Crippen LogP contribution in [-0.4, -0.2) is 51.0 Å². The molecule has 2 aliphatic heterocycles. The second-order valence-electron chi connectivity index (χ2n) is 5.76. The first-order valence-electron chi connectivity index (χ1n) is 7.56. The maximum absolute atomic E-state index is 6.49. The first kappa shape index (κ1) is 14.6. The van der Waals surface area contributed by atoms with E-state index in [4.69, 9.17) is 19.9 Å². The predicted octanol–water partition coefficient (Wildman–Crippen LogP) is 1.57. The number of fused-ring (bicyclic) bond motifs is 1. The number of nitrogens with two attached hydrogens (primary N) is 1. The van der Waals surface area contributed by atoms with Crippen LogP contribution in [0.5, 0.6) is 11.5 Å². The zero-order valence-electron chi connectivity index (χ0n) is 12.7. The summed E-state index contributed by atoms with van der Waals surface area (Å²) in [6.07, 6.45) is 2.47. The van der Waals surface area contributed by atoms with Crippen molar-refractivity contribution >= 4 is 0 Å². The molecule has 1 aromatic rings. The van der Waals surface area contributed by atoms with Crippen molar-refractivity contribution in [2.45, 2.75) is 31.0 Å². The second kappa shape index (κ2) is 6.22. The van der Waals surface area contributed by atoms with Crippen LogP contribution >= 0.6 is 0 Å². The molecule has 2 fully saturated rings. The minimum absolute atomic E-state index is 0.0236. The third-order valence-electron chi connectivity index (χ3n) is 4.62. The molecule has 0 spiro atoms. The lowest BCUT2D eigenvalue weighted by Crippen LogP contribution is -2.49. The van der Waals surface area contributed by atoms with Gasteiger partial charge in [0.05, 0.1) is 38.5 Å². The van der Waals surface area contributed by atoms with Crippen molar-refractivity contribution in [3.63, 3.8) is 0 Å². The zero-order chi connectivity index (χ0) is 14.8. The van der Waals surface area contributed by atoms with E-state index in [9.17, 15) is 0 Å². The van der Waals surface area contributed by atoms with E-state index in [1.54, 1.807) is 14.2 Å². The average Bonchev–Trinajstić information content (AvgIpc) is 3.00. The standard InChI is InChI=1S/C16H24N2O3/c1-19-12-6-3-7-13(20-2)15(12)16(17)14-9-18-8-4-5-11(18)10-21-14/h3,6-7,11,14,16H,4-5,8-10,17H2,1-2H3. The molecule has 1 aromatic carbocycles. The van der Waals surface area contributed by atoms with Gasteiger partial charge < -0.3 is 19.9 Å². The van der Waals surface area contributed by atoms with Crippen LogP contribution in [0, 0.1) is 0 Å². The molecule has 3 rings (SSSR count). The summed E-state index contributed by atoms with van der Waals surface area (Å²) in [4.78, 5) is 2.50. The van der Waals surface area contributed by atoms with Crippen LogP contribution in [0.2, 0.25) is 0 Å². The van der Waals surface area contributed by atoms with E-state index in [1.165, 1.54) is 12.8 Å². The molecule has 0 aliphatic carbocycles. The number of hydrogen-bond donors (Lipinski definition) is 1. The lowest BCUT2D eigenvalue weighted by Gasteiger charge is -2.38. The summed E-state index contributed by atoms with van der Waals surface area (Å²) in [7, 11) is 3.31. The molecule has 0 saturated carbocycles. The number of benzene rings is 1. The third kappa shape index (κ3) is 2.73. The highest BCUT2D eigenvalue weighted by Crippen LogP contribution is 2.37. The summed E-state index contributed by atoms with van der Waals surface area (Å²) in [6.45, 7) is 2.81. The Morgan fingerprint density at radius 1 is 1.29 bits per heavy atom. The molecule has 2 aliphatic rings. The van der Waals surface area contributed by atoms with Crippen molar-refractivity contribution in [1.82, 2.24) is 4.90 Å². The van der Waals surface area contributed by atoms with Crippen LogP contribution in [-0.2, 0) is 4.74 Å². The normalized spacial score (nSPS) is 27.2. The molecule has 116 valence electrons. The van der Waals surface area contributed by atoms with Gasteiger partial charge in [-0.3, -0.25) is 4.90 Å². The lowest BCUT2D eigenvalue weighted by molar-refractivity contribution is -0.0601. The fraction of sp³-hybridized carbons (Fsp3) is 0.625. The molecule has 0 radical (unpaired) electrons. The maximum Gasteiger partial charge on any atom is 0.127 e. The summed E-state index contributed by atoms with van der Waals surface area (Å²) < 4.78 is 16.9. The van der Waals surface area contributed by atoms with E-state index >= 15 is 0 Å². The minimum Gasteiger partial charge on any atom is -0.496 e. The van der Waals surface area contributed by atoms with Gasteiger partial charge >= 0.3 is 0 Å². The van der Waals surface area contributed by atoms with Crippen molar-refractivity contribution in [1.29, 1.82) is 0 Å². The monoisotopic (exact) mass is 292 g/mol. The Hall–Kier alpha value is -1.30. The molecule has 3 unspecified atom stereocenters. The quantitative estimate of drug-likeness (QED) is 0.913. The van der Waals surface area contributed by atoms with Crippen LogP contribution in [0.25, 0.3) is 0 Å². The number of ether oxygens (including phenoxy) is 3. The van der Waals surface area contributed by atoms with Gasteiger partial charge in [0, 0.05) is 12.6 Å². The lowest BCUT2D eigenvalue weighted by atomic mass is 9.98. The van der Waals surface area contributed by atoms with Crippen molar-refractivity contribution in [3.8, 4) is 11.5 Å². The number of morpholine rings is 1. The van der Waals surface area contributed by atoms with E-state index in [0.29, 0.717) is 6.04 Å². The number of methoxy groups -OCH3 is 2. The van der Waals surface area contributed by atoms with Gasteiger partial charge in [0.2, 0.25) is 0 Å². The van der Waals surface area contributed by atoms with E-state index in [0.717, 1.165) is 36.8 Å². The summed E-state index contributed by atoms with van der Waals surface area (Å²) in [5, 5.41) is 0. The molecule has 0 aromatic heterocycles. The van der Waals surface area contributed by atoms with Crippen LogP contribution < -0.4 is 15.2 Å². The van der Waals surface area contributed by atoms with E-state index in [1.807, 2.05) is 18.2 Å². The van der Waals surface area contributed by atoms with Gasteiger partial charge in [0.15, 0.2) is 0 Å². The Labute approximate surface area is 126 Å². The smallest absolute Gasteiger partial charge is 0.127 e. The molecule has 5 nitrogen and oxygen atoms in total. The van der Waals surface area contributed by atoms with E-state index in [-0.39, 0.29) is 12.1 Å². The Balaban J connectivity index is 1.83. The number of hydrogen-bond acceptors (Lipinski definition) is 5. The van der Waals surface area contributed by atoms with Gasteiger partial charge in [-0.1, -0.05) is 6.07 Å². The van der Waals surface area contributed by atoms with Gasteiger partial charge in [-0.25, -0.2) is 0 Å². The first-order valence-corrected chi connectivity index (χ1v) is 7.56. The molecular formula is C16H24N2O3. The highest BCUT2D eigenvalue weighted by molar-refractivity contribution is 5.47. The Morgan fingerprint density at radius 3 is 2.67 bits per heavy atom. The highest BCUT2D eigenvalue weighted by atomic mass is 16.5. The molecule has 0 amide bonds. The van der Waals surface area contributed by atoms with Crippen molar-refractivity contribution < 1.29 is 14.2 Å². The number of nitrogens with zero attached hydrogens (tertiary/aromatic N) is 1. The van der Waals surface area contributed by atoms with Crippen molar-refractivity contribution in [3.05, 3.63) is 23.8 Å². The maximum atomic E-state index is 6.49. The van der Waals surface area contributed by atoms with Crippen LogP contribution in [0.3, 0.4) is 0 Å². The highest BCUT2D eigenvalue weighted by Gasteiger charge is 2.36. The Kier molecular flexibility index (Phi) is 4.33. The van der Waals surface area contributed by atoms with E-state index in [2.05, 4.69) is 4.90 Å². The Bertz CT molecular complexity index is 472. The van der Waals surface area contributed by atoms with Crippen LogP contribution in [0.15, 0.2) is 18.2 Å². The largest absolute Gasteiger partial charge is 0.496 e. The average molecular weight is 292 g/mol. The fourth-order valence-corrected chi connectivity index (χ4v) is 3.45.